The van der Waals surface area contributed by atoms with Gasteiger partial charge in [0, 0.05) is 6.04 Å². The molecule has 1 N–H and O–H groups in total. The first-order valence-corrected chi connectivity index (χ1v) is 8.94. The van der Waals surface area contributed by atoms with Crippen molar-refractivity contribution < 1.29 is 9.90 Å². The van der Waals surface area contributed by atoms with Crippen molar-refractivity contribution in [2.75, 3.05) is 0 Å². The summed E-state index contributed by atoms with van der Waals surface area (Å²) in [4.78, 5) is 14.2. The summed E-state index contributed by atoms with van der Waals surface area (Å²) in [6.07, 6.45) is 17.9. The van der Waals surface area contributed by atoms with E-state index < -0.39 is 5.97 Å². The van der Waals surface area contributed by atoms with Crippen LogP contribution in [0.1, 0.15) is 70.6 Å². The molecule has 1 aliphatic heterocycles. The zero-order valence-electron chi connectivity index (χ0n) is 13.0. The van der Waals surface area contributed by atoms with Crippen molar-refractivity contribution in [1.29, 1.82) is 0 Å². The summed E-state index contributed by atoms with van der Waals surface area (Å²) < 4.78 is 0. The third-order valence-electron chi connectivity index (χ3n) is 5.92. The van der Waals surface area contributed by atoms with Gasteiger partial charge in [0.15, 0.2) is 0 Å². The predicted octanol–water partition coefficient (Wildman–Crippen LogP) is 4.19. The second-order valence-electron chi connectivity index (χ2n) is 7.20. The molecule has 0 amide bonds. The summed E-state index contributed by atoms with van der Waals surface area (Å²) in [6, 6.07) is 0.184. The van der Waals surface area contributed by atoms with Crippen LogP contribution in [0.3, 0.4) is 0 Å². The minimum Gasteiger partial charge on any atom is -0.480 e. The number of carbonyl (C=O) groups is 1. The number of carboxylic acid groups (broad SMARTS) is 1. The Balaban J connectivity index is 1.77. The second kappa shape index (κ2) is 6.85. The van der Waals surface area contributed by atoms with Crippen LogP contribution in [0.15, 0.2) is 12.3 Å². The average Bonchev–Trinajstić information content (AvgIpc) is 2.55. The number of nitrogens with zero attached hydrogens (tertiary/aromatic N) is 1. The molecule has 0 aromatic rings. The van der Waals surface area contributed by atoms with Crippen LogP contribution in [-0.2, 0) is 4.79 Å². The summed E-state index contributed by atoms with van der Waals surface area (Å²) in [5.41, 5.74) is 0. The van der Waals surface area contributed by atoms with E-state index in [1.807, 2.05) is 0 Å². The van der Waals surface area contributed by atoms with Crippen LogP contribution in [-0.4, -0.2) is 28.1 Å². The summed E-state index contributed by atoms with van der Waals surface area (Å²) in [6.45, 7) is 0. The average molecular weight is 291 g/mol. The third kappa shape index (κ3) is 3.27. The van der Waals surface area contributed by atoms with Crippen molar-refractivity contribution in [3.63, 3.8) is 0 Å². The van der Waals surface area contributed by atoms with Crippen molar-refractivity contribution in [3.8, 4) is 0 Å². The lowest BCUT2D eigenvalue weighted by Gasteiger charge is -2.45. The van der Waals surface area contributed by atoms with Gasteiger partial charge in [-0.15, -0.1) is 0 Å². The summed E-state index contributed by atoms with van der Waals surface area (Å²) in [7, 11) is 0. The molecule has 3 heteroatoms. The monoisotopic (exact) mass is 291 g/mol. The lowest BCUT2D eigenvalue weighted by molar-refractivity contribution is -0.147. The number of aliphatic carboxylic acids is 1. The number of hydrogen-bond acceptors (Lipinski definition) is 2. The predicted molar refractivity (Wildman–Crippen MR) is 84.0 cm³/mol. The van der Waals surface area contributed by atoms with E-state index in [1.165, 1.54) is 64.2 Å². The van der Waals surface area contributed by atoms with Gasteiger partial charge >= 0.3 is 5.97 Å². The van der Waals surface area contributed by atoms with Gasteiger partial charge in [-0.25, -0.2) is 4.79 Å². The van der Waals surface area contributed by atoms with Gasteiger partial charge in [-0.1, -0.05) is 57.4 Å². The summed E-state index contributed by atoms with van der Waals surface area (Å²) in [5.74, 6) is 0.353. The molecule has 118 valence electrons. The van der Waals surface area contributed by atoms with Crippen LogP contribution in [0.5, 0.6) is 0 Å². The van der Waals surface area contributed by atoms with Crippen LogP contribution in [0.4, 0.5) is 0 Å². The Morgan fingerprint density at radius 3 is 2.19 bits per heavy atom. The van der Waals surface area contributed by atoms with Crippen LogP contribution >= 0.6 is 0 Å². The molecule has 3 nitrogen and oxygen atoms in total. The maximum absolute atomic E-state index is 12.0. The van der Waals surface area contributed by atoms with E-state index in [0.29, 0.717) is 17.9 Å². The second-order valence-corrected chi connectivity index (χ2v) is 7.20. The number of rotatable bonds is 3. The first kappa shape index (κ1) is 14.9. The largest absolute Gasteiger partial charge is 0.480 e. The minimum absolute atomic E-state index is 0.277. The molecule has 0 bridgehead atoms. The van der Waals surface area contributed by atoms with Crippen LogP contribution in [0, 0.1) is 11.8 Å². The Morgan fingerprint density at radius 1 is 0.952 bits per heavy atom. The van der Waals surface area contributed by atoms with Crippen molar-refractivity contribution in [2.45, 2.75) is 82.7 Å². The molecular formula is C18H29NO2. The molecule has 3 aliphatic rings. The highest BCUT2D eigenvalue weighted by atomic mass is 16.4. The van der Waals surface area contributed by atoms with Gasteiger partial charge in [0.05, 0.1) is 0 Å². The topological polar surface area (TPSA) is 40.5 Å². The van der Waals surface area contributed by atoms with Gasteiger partial charge in [0.25, 0.3) is 0 Å². The fourth-order valence-corrected chi connectivity index (χ4v) is 4.83. The number of carboxylic acids is 1. The van der Waals surface area contributed by atoms with E-state index in [4.69, 9.17) is 0 Å². The van der Waals surface area contributed by atoms with Gasteiger partial charge in [0.2, 0.25) is 0 Å². The molecule has 0 saturated heterocycles. The molecule has 2 saturated carbocycles. The molecule has 1 heterocycles. The van der Waals surface area contributed by atoms with Crippen LogP contribution < -0.4 is 0 Å². The highest BCUT2D eigenvalue weighted by molar-refractivity contribution is 5.74. The molecule has 0 radical (unpaired) electrons. The third-order valence-corrected chi connectivity index (χ3v) is 5.92. The standard InChI is InChI=1S/C18H29NO2/c20-18(21)17-16(14-8-3-1-4-9-14)12-7-13-19(17)15-10-5-2-6-11-15/h7,13-17H,1-6,8-12H2,(H,20,21). The zero-order chi connectivity index (χ0) is 14.7. The first-order chi connectivity index (χ1) is 10.3. The van der Waals surface area contributed by atoms with Gasteiger partial charge < -0.3 is 10.0 Å². The Morgan fingerprint density at radius 2 is 1.57 bits per heavy atom. The summed E-state index contributed by atoms with van der Waals surface area (Å²) in [5, 5.41) is 9.86. The number of hydrogen-bond donors (Lipinski definition) is 1. The maximum Gasteiger partial charge on any atom is 0.326 e. The van der Waals surface area contributed by atoms with Gasteiger partial charge in [-0.3, -0.25) is 0 Å². The van der Waals surface area contributed by atoms with Crippen LogP contribution in [0.2, 0.25) is 0 Å². The molecule has 0 aromatic heterocycles. The normalized spacial score (nSPS) is 32.3. The van der Waals surface area contributed by atoms with Crippen molar-refractivity contribution >= 4 is 5.97 Å². The quantitative estimate of drug-likeness (QED) is 0.847. The van der Waals surface area contributed by atoms with E-state index in [1.54, 1.807) is 0 Å². The molecule has 2 atom stereocenters. The minimum atomic E-state index is -0.597. The smallest absolute Gasteiger partial charge is 0.326 e. The number of allylic oxidation sites excluding steroid dienone is 1. The van der Waals surface area contributed by atoms with E-state index in [-0.39, 0.29) is 6.04 Å². The summed E-state index contributed by atoms with van der Waals surface area (Å²) >= 11 is 0. The van der Waals surface area contributed by atoms with Gasteiger partial charge in [-0.2, -0.15) is 0 Å². The molecule has 3 rings (SSSR count). The SMILES string of the molecule is O=C(O)C1C(C2CCCCC2)CC=CN1C1CCCCC1. The van der Waals surface area contributed by atoms with Crippen LogP contribution in [0.25, 0.3) is 0 Å². The zero-order valence-corrected chi connectivity index (χ0v) is 13.0. The van der Waals surface area contributed by atoms with Gasteiger partial charge in [-0.05, 0) is 37.3 Å². The van der Waals surface area contributed by atoms with Gasteiger partial charge in [0.1, 0.15) is 6.04 Å². The highest BCUT2D eigenvalue weighted by Gasteiger charge is 2.41. The molecule has 2 aliphatic carbocycles. The fraction of sp³-hybridized carbons (Fsp3) is 0.833. The van der Waals surface area contributed by atoms with Crippen molar-refractivity contribution in [1.82, 2.24) is 4.90 Å². The lowest BCUT2D eigenvalue weighted by Crippen LogP contribution is -2.52. The molecule has 21 heavy (non-hydrogen) atoms. The Bertz CT molecular complexity index is 381. The van der Waals surface area contributed by atoms with E-state index in [2.05, 4.69) is 17.2 Å². The Labute approximate surface area is 128 Å². The maximum atomic E-state index is 12.0. The highest BCUT2D eigenvalue weighted by Crippen LogP contribution is 2.39. The Kier molecular flexibility index (Phi) is 4.87. The lowest BCUT2D eigenvalue weighted by atomic mass is 9.73. The first-order valence-electron chi connectivity index (χ1n) is 8.94. The molecule has 0 aromatic carbocycles. The fourth-order valence-electron chi connectivity index (χ4n) is 4.83. The van der Waals surface area contributed by atoms with E-state index in [9.17, 15) is 9.90 Å². The van der Waals surface area contributed by atoms with E-state index >= 15 is 0 Å². The Hall–Kier alpha value is -0.990. The molecule has 2 unspecified atom stereocenters. The van der Waals surface area contributed by atoms with E-state index in [0.717, 1.165) is 6.42 Å². The molecular weight excluding hydrogens is 262 g/mol. The van der Waals surface area contributed by atoms with Crippen molar-refractivity contribution in [3.05, 3.63) is 12.3 Å². The molecule has 0 spiro atoms. The van der Waals surface area contributed by atoms with Crippen molar-refractivity contribution in [2.24, 2.45) is 11.8 Å². The molecule has 2 fully saturated rings.